The first-order chi connectivity index (χ1) is 11.4. The Morgan fingerprint density at radius 1 is 0.958 bits per heavy atom. The summed E-state index contributed by atoms with van der Waals surface area (Å²) in [6.45, 7) is 0. The molecule has 124 valence electrons. The van der Waals surface area contributed by atoms with Gasteiger partial charge in [0.1, 0.15) is 11.8 Å². The molecule has 0 aliphatic rings. The summed E-state index contributed by atoms with van der Waals surface area (Å²) < 4.78 is 5.15. The molecule has 0 unspecified atom stereocenters. The highest BCUT2D eigenvalue weighted by molar-refractivity contribution is 6.03. The van der Waals surface area contributed by atoms with Crippen LogP contribution in [-0.2, 0) is 11.2 Å². The smallest absolute Gasteiger partial charge is 0.344 e. The van der Waals surface area contributed by atoms with E-state index in [1.54, 1.807) is 18.2 Å². The van der Waals surface area contributed by atoms with Crippen molar-refractivity contribution in [3.63, 3.8) is 0 Å². The molecule has 7 nitrogen and oxygen atoms in total. The van der Waals surface area contributed by atoms with E-state index in [9.17, 15) is 14.4 Å². The van der Waals surface area contributed by atoms with Crippen molar-refractivity contribution in [1.29, 1.82) is 0 Å². The molecular weight excluding hydrogens is 314 g/mol. The van der Waals surface area contributed by atoms with E-state index in [0.717, 1.165) is 0 Å². The number of hydrogen-bond acceptors (Lipinski definition) is 5. The fourth-order valence-corrected chi connectivity index (χ4v) is 2.04. The highest BCUT2D eigenvalue weighted by Crippen LogP contribution is 2.17. The normalized spacial score (nSPS) is 11.5. The Bertz CT molecular complexity index is 769. The van der Waals surface area contributed by atoms with E-state index >= 15 is 0 Å². The van der Waals surface area contributed by atoms with Crippen LogP contribution in [0.25, 0.3) is 0 Å². The van der Waals surface area contributed by atoms with E-state index in [2.05, 4.69) is 0 Å². The molecule has 2 rings (SSSR count). The number of benzene rings is 2. The summed E-state index contributed by atoms with van der Waals surface area (Å²) in [6.07, 6.45) is 0.144. The van der Waals surface area contributed by atoms with Gasteiger partial charge in [-0.15, -0.1) is 0 Å². The quantitative estimate of drug-likeness (QED) is 0.542. The van der Waals surface area contributed by atoms with E-state index in [1.165, 1.54) is 30.3 Å². The van der Waals surface area contributed by atoms with E-state index in [0.29, 0.717) is 5.56 Å². The van der Waals surface area contributed by atoms with Crippen LogP contribution >= 0.6 is 0 Å². The molecule has 0 aliphatic carbocycles. The van der Waals surface area contributed by atoms with Crippen LogP contribution in [0.1, 0.15) is 26.3 Å². The van der Waals surface area contributed by atoms with Crippen LogP contribution in [0.15, 0.2) is 48.5 Å². The van der Waals surface area contributed by atoms with Crippen molar-refractivity contribution in [2.24, 2.45) is 5.73 Å². The number of esters is 1. The van der Waals surface area contributed by atoms with Gasteiger partial charge in [0.25, 0.3) is 0 Å². The van der Waals surface area contributed by atoms with E-state index in [1.807, 2.05) is 0 Å². The molecule has 0 aromatic heterocycles. The van der Waals surface area contributed by atoms with Gasteiger partial charge in [0.15, 0.2) is 0 Å². The molecule has 0 spiro atoms. The molecule has 0 bridgehead atoms. The lowest BCUT2D eigenvalue weighted by atomic mass is 10.1. The molecule has 7 heteroatoms. The van der Waals surface area contributed by atoms with Crippen LogP contribution in [0.3, 0.4) is 0 Å². The van der Waals surface area contributed by atoms with Crippen LogP contribution < -0.4 is 10.5 Å². The van der Waals surface area contributed by atoms with Crippen LogP contribution in [0.4, 0.5) is 0 Å². The number of aliphatic carboxylic acids is 1. The zero-order valence-corrected chi connectivity index (χ0v) is 12.5. The zero-order valence-electron chi connectivity index (χ0n) is 12.5. The summed E-state index contributed by atoms with van der Waals surface area (Å²) in [4.78, 5) is 33.9. The van der Waals surface area contributed by atoms with Crippen molar-refractivity contribution >= 4 is 17.9 Å². The number of carbonyl (C=O) groups is 3. The first-order valence-electron chi connectivity index (χ1n) is 7.00. The van der Waals surface area contributed by atoms with E-state index in [-0.39, 0.29) is 23.3 Å². The summed E-state index contributed by atoms with van der Waals surface area (Å²) in [5.74, 6) is -2.90. The Kier molecular flexibility index (Phi) is 5.28. The van der Waals surface area contributed by atoms with Crippen molar-refractivity contribution < 1.29 is 29.3 Å². The molecule has 0 radical (unpaired) electrons. The SMILES string of the molecule is N[C@@H](Cc1ccc(OC(=O)c2ccccc2C(=O)O)cc1)C(=O)O. The van der Waals surface area contributed by atoms with Crippen molar-refractivity contribution in [3.05, 3.63) is 65.2 Å². The lowest BCUT2D eigenvalue weighted by Gasteiger charge is -2.09. The standard InChI is InChI=1S/C17H15NO6/c18-14(16(21)22)9-10-5-7-11(8-6-10)24-17(23)13-4-2-1-3-12(13)15(19)20/h1-8,14H,9,18H2,(H,19,20)(H,21,22)/t14-/m0/s1. The summed E-state index contributed by atoms with van der Waals surface area (Å²) in [6, 6.07) is 10.9. The van der Waals surface area contributed by atoms with E-state index in [4.69, 9.17) is 20.7 Å². The number of ether oxygens (including phenoxy) is 1. The zero-order chi connectivity index (χ0) is 17.7. The minimum absolute atomic E-state index is 0.0537. The Labute approximate surface area is 137 Å². The van der Waals surface area contributed by atoms with Crippen molar-refractivity contribution in [2.45, 2.75) is 12.5 Å². The maximum Gasteiger partial charge on any atom is 0.344 e. The van der Waals surface area contributed by atoms with Gasteiger partial charge < -0.3 is 20.7 Å². The van der Waals surface area contributed by atoms with Gasteiger partial charge in [0.2, 0.25) is 0 Å². The first kappa shape index (κ1) is 17.2. The van der Waals surface area contributed by atoms with Gasteiger partial charge in [-0.3, -0.25) is 4.79 Å². The van der Waals surface area contributed by atoms with Gasteiger partial charge in [-0.25, -0.2) is 9.59 Å². The largest absolute Gasteiger partial charge is 0.480 e. The van der Waals surface area contributed by atoms with Gasteiger partial charge in [-0.1, -0.05) is 24.3 Å². The minimum atomic E-state index is -1.22. The summed E-state index contributed by atoms with van der Waals surface area (Å²) in [7, 11) is 0. The average Bonchev–Trinajstić information content (AvgIpc) is 2.56. The fourth-order valence-electron chi connectivity index (χ4n) is 2.04. The van der Waals surface area contributed by atoms with Crippen molar-refractivity contribution in [3.8, 4) is 5.75 Å². The lowest BCUT2D eigenvalue weighted by molar-refractivity contribution is -0.138. The molecule has 1 atom stereocenters. The summed E-state index contributed by atoms with van der Waals surface area (Å²) in [5.41, 5.74) is 5.92. The number of carboxylic acid groups (broad SMARTS) is 2. The molecule has 0 saturated carbocycles. The van der Waals surface area contributed by atoms with Crippen LogP contribution in [-0.4, -0.2) is 34.2 Å². The third-order valence-electron chi connectivity index (χ3n) is 3.28. The fraction of sp³-hybridized carbons (Fsp3) is 0.118. The molecule has 24 heavy (non-hydrogen) atoms. The molecule has 4 N–H and O–H groups in total. The molecule has 2 aromatic rings. The highest BCUT2D eigenvalue weighted by atomic mass is 16.5. The Morgan fingerprint density at radius 3 is 2.08 bits per heavy atom. The third kappa shape index (κ3) is 4.17. The number of carbonyl (C=O) groups excluding carboxylic acids is 1. The predicted octanol–water partition coefficient (Wildman–Crippen LogP) is 1.56. The molecule has 0 amide bonds. The monoisotopic (exact) mass is 329 g/mol. The lowest BCUT2D eigenvalue weighted by Crippen LogP contribution is -2.32. The maximum absolute atomic E-state index is 12.1. The second-order valence-corrected chi connectivity index (χ2v) is 5.03. The Hall–Kier alpha value is -3.19. The van der Waals surface area contributed by atoms with Crippen LogP contribution in [0, 0.1) is 0 Å². The third-order valence-corrected chi connectivity index (χ3v) is 3.28. The Morgan fingerprint density at radius 2 is 1.54 bits per heavy atom. The number of aromatic carboxylic acids is 1. The minimum Gasteiger partial charge on any atom is -0.480 e. The second kappa shape index (κ2) is 7.38. The molecule has 0 aliphatic heterocycles. The first-order valence-corrected chi connectivity index (χ1v) is 7.00. The number of hydrogen-bond donors (Lipinski definition) is 3. The molecule has 0 heterocycles. The van der Waals surface area contributed by atoms with Gasteiger partial charge in [-0.2, -0.15) is 0 Å². The molecule has 2 aromatic carbocycles. The maximum atomic E-state index is 12.1. The summed E-state index contributed by atoms with van der Waals surface area (Å²) in [5, 5.41) is 17.8. The second-order valence-electron chi connectivity index (χ2n) is 5.03. The van der Waals surface area contributed by atoms with Gasteiger partial charge in [-0.05, 0) is 36.2 Å². The van der Waals surface area contributed by atoms with Gasteiger partial charge >= 0.3 is 17.9 Å². The number of carboxylic acids is 2. The molecule has 0 fully saturated rings. The average molecular weight is 329 g/mol. The van der Waals surface area contributed by atoms with Gasteiger partial charge in [0, 0.05) is 0 Å². The van der Waals surface area contributed by atoms with Crippen LogP contribution in [0.5, 0.6) is 5.75 Å². The van der Waals surface area contributed by atoms with Gasteiger partial charge in [0.05, 0.1) is 11.1 Å². The summed E-state index contributed by atoms with van der Waals surface area (Å²) >= 11 is 0. The Balaban J connectivity index is 2.10. The van der Waals surface area contributed by atoms with Crippen molar-refractivity contribution in [2.75, 3.05) is 0 Å². The van der Waals surface area contributed by atoms with Crippen molar-refractivity contribution in [1.82, 2.24) is 0 Å². The van der Waals surface area contributed by atoms with E-state index < -0.39 is 23.9 Å². The number of rotatable bonds is 6. The highest BCUT2D eigenvalue weighted by Gasteiger charge is 2.18. The topological polar surface area (TPSA) is 127 Å². The molecular formula is C17H15NO6. The molecule has 0 saturated heterocycles. The number of nitrogens with two attached hydrogens (primary N) is 1. The predicted molar refractivity (Wildman–Crippen MR) is 84.1 cm³/mol. The van der Waals surface area contributed by atoms with Crippen LogP contribution in [0.2, 0.25) is 0 Å².